The Balaban J connectivity index is 1.63. The lowest BCUT2D eigenvalue weighted by Crippen LogP contribution is -2.12. The summed E-state index contributed by atoms with van der Waals surface area (Å²) in [7, 11) is 1.58. The Morgan fingerprint density at radius 3 is 2.50 bits per heavy atom. The van der Waals surface area contributed by atoms with Crippen LogP contribution < -0.4 is 15.4 Å². The molecule has 0 aliphatic carbocycles. The summed E-state index contributed by atoms with van der Waals surface area (Å²) < 4.78 is 10.0. The molecule has 0 unspecified atom stereocenters. The van der Waals surface area contributed by atoms with Crippen LogP contribution in [-0.4, -0.2) is 23.2 Å². The summed E-state index contributed by atoms with van der Waals surface area (Å²) in [4.78, 5) is 16.4. The number of hydrogen-bond acceptors (Lipinski definition) is 6. The third kappa shape index (κ3) is 3.70. The third-order valence-corrected chi connectivity index (χ3v) is 3.26. The molecule has 0 atom stereocenters. The van der Waals surface area contributed by atoms with Crippen LogP contribution in [0.4, 0.5) is 17.3 Å². The largest absolute Gasteiger partial charge is 0.497 e. The van der Waals surface area contributed by atoms with Gasteiger partial charge in [-0.1, -0.05) is 5.16 Å². The number of pyridine rings is 1. The maximum atomic E-state index is 12.2. The number of nitrogens with one attached hydrogen (secondary N) is 2. The smallest absolute Gasteiger partial charge is 0.256 e. The van der Waals surface area contributed by atoms with Crippen molar-refractivity contribution in [2.75, 3.05) is 17.7 Å². The van der Waals surface area contributed by atoms with Gasteiger partial charge in [-0.2, -0.15) is 0 Å². The molecule has 2 N–H and O–H groups in total. The Hall–Kier alpha value is -3.35. The molecule has 0 bridgehead atoms. The number of rotatable bonds is 5. The highest BCUT2D eigenvalue weighted by molar-refractivity contribution is 6.03. The first-order chi connectivity index (χ1) is 11.6. The minimum Gasteiger partial charge on any atom is -0.497 e. The second-order valence-corrected chi connectivity index (χ2v) is 5.06. The van der Waals surface area contributed by atoms with Crippen molar-refractivity contribution in [3.63, 3.8) is 0 Å². The lowest BCUT2D eigenvalue weighted by molar-refractivity contribution is 0.102. The van der Waals surface area contributed by atoms with Crippen molar-refractivity contribution >= 4 is 23.2 Å². The van der Waals surface area contributed by atoms with E-state index in [1.165, 1.54) is 0 Å². The summed E-state index contributed by atoms with van der Waals surface area (Å²) in [5, 5.41) is 9.64. The number of ether oxygens (including phenoxy) is 1. The number of hydrogen-bond donors (Lipinski definition) is 2. The number of amides is 1. The van der Waals surface area contributed by atoms with Gasteiger partial charge in [-0.25, -0.2) is 4.98 Å². The number of aromatic nitrogens is 2. The van der Waals surface area contributed by atoms with Crippen LogP contribution in [0.2, 0.25) is 0 Å². The number of methoxy groups -OCH3 is 1. The van der Waals surface area contributed by atoms with Gasteiger partial charge < -0.3 is 19.9 Å². The van der Waals surface area contributed by atoms with Crippen LogP contribution in [0.3, 0.4) is 0 Å². The fourth-order valence-electron chi connectivity index (χ4n) is 2.05. The van der Waals surface area contributed by atoms with E-state index in [4.69, 9.17) is 9.26 Å². The predicted molar refractivity (Wildman–Crippen MR) is 89.7 cm³/mol. The van der Waals surface area contributed by atoms with Gasteiger partial charge in [0.2, 0.25) is 0 Å². The third-order valence-electron chi connectivity index (χ3n) is 3.26. The van der Waals surface area contributed by atoms with Gasteiger partial charge in [0.05, 0.1) is 19.0 Å². The standard InChI is InChI=1S/C17H16N4O3/c1-11-9-16(21-24-11)19-13-5-8-15(18-10-13)20-17(22)12-3-6-14(23-2)7-4-12/h3-10H,1-2H3,(H,19,21)(H,18,20,22). The Morgan fingerprint density at radius 1 is 1.12 bits per heavy atom. The molecule has 2 aromatic heterocycles. The quantitative estimate of drug-likeness (QED) is 0.748. The minimum absolute atomic E-state index is 0.238. The summed E-state index contributed by atoms with van der Waals surface area (Å²) in [6.45, 7) is 1.81. The zero-order valence-electron chi connectivity index (χ0n) is 13.2. The minimum atomic E-state index is -0.238. The number of carbonyl (C=O) groups is 1. The highest BCUT2D eigenvalue weighted by atomic mass is 16.5. The lowest BCUT2D eigenvalue weighted by Gasteiger charge is -2.07. The molecule has 0 saturated carbocycles. The predicted octanol–water partition coefficient (Wildman–Crippen LogP) is 3.38. The molecule has 7 nitrogen and oxygen atoms in total. The van der Waals surface area contributed by atoms with Crippen LogP contribution >= 0.6 is 0 Å². The molecule has 3 rings (SSSR count). The van der Waals surface area contributed by atoms with E-state index in [1.807, 2.05) is 6.92 Å². The average Bonchev–Trinajstić information content (AvgIpc) is 3.01. The van der Waals surface area contributed by atoms with E-state index in [9.17, 15) is 4.79 Å². The van der Waals surface area contributed by atoms with Gasteiger partial charge >= 0.3 is 0 Å². The van der Waals surface area contributed by atoms with E-state index in [2.05, 4.69) is 20.8 Å². The van der Waals surface area contributed by atoms with Gasteiger partial charge in [0, 0.05) is 11.6 Å². The Kier molecular flexibility index (Phi) is 4.42. The molecule has 122 valence electrons. The molecule has 0 saturated heterocycles. The van der Waals surface area contributed by atoms with E-state index >= 15 is 0 Å². The highest BCUT2D eigenvalue weighted by Gasteiger charge is 2.07. The summed E-state index contributed by atoms with van der Waals surface area (Å²) in [6.07, 6.45) is 1.60. The van der Waals surface area contributed by atoms with Crippen LogP contribution in [0.15, 0.2) is 53.2 Å². The van der Waals surface area contributed by atoms with Crippen molar-refractivity contribution in [1.82, 2.24) is 10.1 Å². The molecule has 1 amide bonds. The molecule has 0 spiro atoms. The van der Waals surface area contributed by atoms with Gasteiger partial charge in [0.25, 0.3) is 5.91 Å². The molecular weight excluding hydrogens is 308 g/mol. The normalized spacial score (nSPS) is 10.2. The summed E-state index contributed by atoms with van der Waals surface area (Å²) in [5.74, 6) is 2.23. The second-order valence-electron chi connectivity index (χ2n) is 5.06. The molecule has 2 heterocycles. The van der Waals surface area contributed by atoms with Gasteiger partial charge in [-0.3, -0.25) is 4.79 Å². The molecular formula is C17H16N4O3. The first-order valence-corrected chi connectivity index (χ1v) is 7.26. The summed E-state index contributed by atoms with van der Waals surface area (Å²) in [5.41, 5.74) is 1.27. The van der Waals surface area contributed by atoms with Crippen LogP contribution in [0.1, 0.15) is 16.1 Å². The van der Waals surface area contributed by atoms with Crippen molar-refractivity contribution < 1.29 is 14.1 Å². The molecule has 24 heavy (non-hydrogen) atoms. The fourth-order valence-corrected chi connectivity index (χ4v) is 2.05. The molecule has 0 fully saturated rings. The van der Waals surface area contributed by atoms with Gasteiger partial charge in [-0.15, -0.1) is 0 Å². The van der Waals surface area contributed by atoms with E-state index in [0.29, 0.717) is 28.7 Å². The lowest BCUT2D eigenvalue weighted by atomic mass is 10.2. The topological polar surface area (TPSA) is 89.3 Å². The fraction of sp³-hybridized carbons (Fsp3) is 0.118. The van der Waals surface area contributed by atoms with Gasteiger partial charge in [-0.05, 0) is 43.3 Å². The molecule has 0 aliphatic rings. The number of carbonyl (C=O) groups excluding carboxylic acids is 1. The first-order valence-electron chi connectivity index (χ1n) is 7.26. The van der Waals surface area contributed by atoms with E-state index in [1.54, 1.807) is 55.8 Å². The average molecular weight is 324 g/mol. The van der Waals surface area contributed by atoms with Crippen LogP contribution in [0, 0.1) is 6.92 Å². The molecule has 0 aliphatic heterocycles. The first kappa shape index (κ1) is 15.5. The molecule has 7 heteroatoms. The summed E-state index contributed by atoms with van der Waals surface area (Å²) >= 11 is 0. The number of nitrogens with zero attached hydrogens (tertiary/aromatic N) is 2. The number of anilines is 3. The van der Waals surface area contributed by atoms with E-state index in [-0.39, 0.29) is 5.91 Å². The van der Waals surface area contributed by atoms with Crippen LogP contribution in [0.5, 0.6) is 5.75 Å². The van der Waals surface area contributed by atoms with Gasteiger partial charge in [0.1, 0.15) is 17.3 Å². The SMILES string of the molecule is COc1ccc(C(=O)Nc2ccc(Nc3cc(C)on3)cn2)cc1. The maximum absolute atomic E-state index is 12.2. The van der Waals surface area contributed by atoms with Crippen molar-refractivity contribution in [2.45, 2.75) is 6.92 Å². The Bertz CT molecular complexity index is 826. The zero-order chi connectivity index (χ0) is 16.9. The molecule has 1 aromatic carbocycles. The number of benzene rings is 1. The van der Waals surface area contributed by atoms with Crippen LogP contribution in [-0.2, 0) is 0 Å². The molecule has 0 radical (unpaired) electrons. The zero-order valence-corrected chi connectivity index (χ0v) is 13.2. The van der Waals surface area contributed by atoms with Crippen LogP contribution in [0.25, 0.3) is 0 Å². The van der Waals surface area contributed by atoms with Crippen molar-refractivity contribution in [1.29, 1.82) is 0 Å². The summed E-state index contributed by atoms with van der Waals surface area (Å²) in [6, 6.07) is 12.1. The highest BCUT2D eigenvalue weighted by Crippen LogP contribution is 2.17. The Labute approximate surface area is 138 Å². The molecule has 3 aromatic rings. The van der Waals surface area contributed by atoms with Crippen molar-refractivity contribution in [3.05, 3.63) is 60.0 Å². The monoisotopic (exact) mass is 324 g/mol. The maximum Gasteiger partial charge on any atom is 0.256 e. The van der Waals surface area contributed by atoms with Crippen molar-refractivity contribution in [3.8, 4) is 5.75 Å². The second kappa shape index (κ2) is 6.82. The van der Waals surface area contributed by atoms with E-state index < -0.39 is 0 Å². The van der Waals surface area contributed by atoms with Gasteiger partial charge in [0.15, 0.2) is 5.82 Å². The van der Waals surface area contributed by atoms with Crippen molar-refractivity contribution in [2.24, 2.45) is 0 Å². The Morgan fingerprint density at radius 2 is 1.92 bits per heavy atom. The van der Waals surface area contributed by atoms with E-state index in [0.717, 1.165) is 5.69 Å². The number of aryl methyl sites for hydroxylation is 1.